The molecule has 4 rings (SSSR count). The van der Waals surface area contributed by atoms with Crippen molar-refractivity contribution in [3.8, 4) is 0 Å². The molecule has 2 aliphatic rings. The van der Waals surface area contributed by atoms with Gasteiger partial charge in [-0.1, -0.05) is 0 Å². The summed E-state index contributed by atoms with van der Waals surface area (Å²) in [6.07, 6.45) is 4.09. The van der Waals surface area contributed by atoms with E-state index in [2.05, 4.69) is 25.1 Å². The minimum Gasteiger partial charge on any atom is -0.337 e. The van der Waals surface area contributed by atoms with Crippen LogP contribution in [0.1, 0.15) is 54.2 Å². The number of hydrogen-bond acceptors (Lipinski definition) is 6. The SMILES string of the molecule is CC(=O)Nc1nc(C(=O)N2CCC[C@@H](c3nnc4n3CCC4)C2)cs1. The minimum absolute atomic E-state index is 0.0845. The summed E-state index contributed by atoms with van der Waals surface area (Å²) in [4.78, 5) is 29.9. The second-order valence-electron chi connectivity index (χ2n) is 6.54. The van der Waals surface area contributed by atoms with Gasteiger partial charge in [0, 0.05) is 44.3 Å². The Labute approximate surface area is 149 Å². The number of rotatable bonds is 3. The molecule has 2 amide bonds. The Morgan fingerprint density at radius 3 is 3.00 bits per heavy atom. The van der Waals surface area contributed by atoms with E-state index in [1.807, 2.05) is 4.90 Å². The second kappa shape index (κ2) is 6.55. The predicted octanol–water partition coefficient (Wildman–Crippen LogP) is 1.66. The highest BCUT2D eigenvalue weighted by atomic mass is 32.1. The molecule has 1 N–H and O–H groups in total. The van der Waals surface area contributed by atoms with Gasteiger partial charge >= 0.3 is 0 Å². The molecule has 0 spiro atoms. The molecular formula is C16H20N6O2S. The van der Waals surface area contributed by atoms with Crippen molar-refractivity contribution in [1.82, 2.24) is 24.6 Å². The highest BCUT2D eigenvalue weighted by molar-refractivity contribution is 7.14. The number of hydrogen-bond donors (Lipinski definition) is 1. The molecule has 2 aliphatic heterocycles. The summed E-state index contributed by atoms with van der Waals surface area (Å²) in [5.41, 5.74) is 0.390. The summed E-state index contributed by atoms with van der Waals surface area (Å²) in [5.74, 6) is 2.04. The van der Waals surface area contributed by atoms with E-state index in [0.717, 1.165) is 50.4 Å². The Balaban J connectivity index is 1.48. The summed E-state index contributed by atoms with van der Waals surface area (Å²) in [6, 6.07) is 0. The van der Waals surface area contributed by atoms with E-state index in [1.54, 1.807) is 5.38 Å². The summed E-state index contributed by atoms with van der Waals surface area (Å²) in [6.45, 7) is 3.77. The lowest BCUT2D eigenvalue weighted by atomic mass is 9.97. The molecule has 2 aromatic rings. The first-order valence-electron chi connectivity index (χ1n) is 8.56. The molecule has 0 bridgehead atoms. The molecule has 1 atom stereocenters. The molecule has 132 valence electrons. The molecule has 25 heavy (non-hydrogen) atoms. The van der Waals surface area contributed by atoms with Gasteiger partial charge in [-0.05, 0) is 19.3 Å². The van der Waals surface area contributed by atoms with Crippen LogP contribution in [0.25, 0.3) is 0 Å². The highest BCUT2D eigenvalue weighted by Gasteiger charge is 2.31. The van der Waals surface area contributed by atoms with E-state index < -0.39 is 0 Å². The molecule has 0 radical (unpaired) electrons. The van der Waals surface area contributed by atoms with Crippen molar-refractivity contribution in [3.63, 3.8) is 0 Å². The quantitative estimate of drug-likeness (QED) is 0.898. The maximum Gasteiger partial charge on any atom is 0.273 e. The van der Waals surface area contributed by atoms with Gasteiger partial charge in [-0.3, -0.25) is 9.59 Å². The first kappa shape index (κ1) is 16.2. The van der Waals surface area contributed by atoms with Crippen molar-refractivity contribution in [2.24, 2.45) is 0 Å². The van der Waals surface area contributed by atoms with Gasteiger partial charge in [-0.2, -0.15) is 0 Å². The highest BCUT2D eigenvalue weighted by Crippen LogP contribution is 2.29. The van der Waals surface area contributed by atoms with Crippen LogP contribution in [0.5, 0.6) is 0 Å². The molecule has 0 aromatic carbocycles. The van der Waals surface area contributed by atoms with E-state index >= 15 is 0 Å². The van der Waals surface area contributed by atoms with E-state index in [9.17, 15) is 9.59 Å². The molecular weight excluding hydrogens is 340 g/mol. The fourth-order valence-electron chi connectivity index (χ4n) is 3.59. The van der Waals surface area contributed by atoms with Gasteiger partial charge in [0.05, 0.1) is 0 Å². The van der Waals surface area contributed by atoms with Crippen LogP contribution in [0.3, 0.4) is 0 Å². The summed E-state index contributed by atoms with van der Waals surface area (Å²) >= 11 is 1.27. The van der Waals surface area contributed by atoms with Crippen LogP contribution in [-0.4, -0.2) is 49.6 Å². The number of anilines is 1. The standard InChI is InChI=1S/C16H20N6O2S/c1-10(23)17-16-18-12(9-25-16)15(24)21-6-2-4-11(8-21)14-20-19-13-5-3-7-22(13)14/h9,11H,2-8H2,1H3,(H,17,18,23)/t11-/m1/s1. The van der Waals surface area contributed by atoms with Crippen LogP contribution in [0, 0.1) is 0 Å². The van der Waals surface area contributed by atoms with E-state index in [0.29, 0.717) is 17.4 Å². The van der Waals surface area contributed by atoms with Crippen LogP contribution in [0.4, 0.5) is 5.13 Å². The maximum absolute atomic E-state index is 12.8. The van der Waals surface area contributed by atoms with Gasteiger partial charge < -0.3 is 14.8 Å². The maximum atomic E-state index is 12.8. The molecule has 0 saturated carbocycles. The number of amides is 2. The van der Waals surface area contributed by atoms with E-state index in [1.165, 1.54) is 18.3 Å². The Hall–Kier alpha value is -2.29. The smallest absolute Gasteiger partial charge is 0.273 e. The Morgan fingerprint density at radius 2 is 2.16 bits per heavy atom. The number of aryl methyl sites for hydroxylation is 1. The number of nitrogens with zero attached hydrogens (tertiary/aromatic N) is 5. The normalized spacial score (nSPS) is 19.7. The molecule has 2 aromatic heterocycles. The average Bonchev–Trinajstić information content (AvgIpc) is 3.30. The topological polar surface area (TPSA) is 93.0 Å². The van der Waals surface area contributed by atoms with Crippen LogP contribution >= 0.6 is 11.3 Å². The molecule has 0 unspecified atom stereocenters. The largest absolute Gasteiger partial charge is 0.337 e. The van der Waals surface area contributed by atoms with Crippen molar-refractivity contribution in [2.75, 3.05) is 18.4 Å². The number of fused-ring (bicyclic) bond motifs is 1. The zero-order valence-electron chi connectivity index (χ0n) is 14.1. The lowest BCUT2D eigenvalue weighted by Gasteiger charge is -2.31. The first-order valence-corrected chi connectivity index (χ1v) is 9.44. The Kier molecular flexibility index (Phi) is 4.24. The molecule has 8 nitrogen and oxygen atoms in total. The molecule has 1 saturated heterocycles. The number of carbonyl (C=O) groups excluding carboxylic acids is 2. The third kappa shape index (κ3) is 3.15. The van der Waals surface area contributed by atoms with Gasteiger partial charge in [-0.15, -0.1) is 21.5 Å². The lowest BCUT2D eigenvalue weighted by molar-refractivity contribution is -0.114. The lowest BCUT2D eigenvalue weighted by Crippen LogP contribution is -2.40. The number of thiazole rings is 1. The monoisotopic (exact) mass is 360 g/mol. The Morgan fingerprint density at radius 1 is 1.28 bits per heavy atom. The molecule has 9 heteroatoms. The van der Waals surface area contributed by atoms with Gasteiger partial charge in [0.2, 0.25) is 5.91 Å². The molecule has 0 aliphatic carbocycles. The number of likely N-dealkylation sites (tertiary alicyclic amines) is 1. The van der Waals surface area contributed by atoms with Crippen LogP contribution in [-0.2, 0) is 17.8 Å². The van der Waals surface area contributed by atoms with Crippen molar-refractivity contribution in [1.29, 1.82) is 0 Å². The fraction of sp³-hybridized carbons (Fsp3) is 0.562. The number of aromatic nitrogens is 4. The van der Waals surface area contributed by atoms with Crippen molar-refractivity contribution in [3.05, 3.63) is 22.7 Å². The molecule has 4 heterocycles. The van der Waals surface area contributed by atoms with E-state index in [4.69, 9.17) is 0 Å². The Bertz CT molecular complexity index is 813. The predicted molar refractivity (Wildman–Crippen MR) is 92.6 cm³/mol. The minimum atomic E-state index is -0.188. The number of nitrogens with one attached hydrogen (secondary N) is 1. The molecule has 1 fully saturated rings. The number of piperidine rings is 1. The third-order valence-electron chi connectivity index (χ3n) is 4.72. The van der Waals surface area contributed by atoms with Crippen LogP contribution < -0.4 is 5.32 Å². The summed E-state index contributed by atoms with van der Waals surface area (Å²) in [7, 11) is 0. The van der Waals surface area contributed by atoms with Gasteiger partial charge in [0.15, 0.2) is 5.13 Å². The summed E-state index contributed by atoms with van der Waals surface area (Å²) in [5, 5.41) is 13.4. The first-order chi connectivity index (χ1) is 12.1. The van der Waals surface area contributed by atoms with Gasteiger partial charge in [-0.25, -0.2) is 4.98 Å². The zero-order valence-corrected chi connectivity index (χ0v) is 14.9. The van der Waals surface area contributed by atoms with Crippen molar-refractivity contribution < 1.29 is 9.59 Å². The summed E-state index contributed by atoms with van der Waals surface area (Å²) < 4.78 is 2.22. The van der Waals surface area contributed by atoms with Crippen molar-refractivity contribution >= 4 is 28.3 Å². The van der Waals surface area contributed by atoms with Crippen molar-refractivity contribution in [2.45, 2.75) is 45.1 Å². The van der Waals surface area contributed by atoms with Crippen LogP contribution in [0.15, 0.2) is 5.38 Å². The third-order valence-corrected chi connectivity index (χ3v) is 5.48. The second-order valence-corrected chi connectivity index (χ2v) is 7.40. The van der Waals surface area contributed by atoms with Gasteiger partial charge in [0.1, 0.15) is 17.3 Å². The average molecular weight is 360 g/mol. The van der Waals surface area contributed by atoms with E-state index in [-0.39, 0.29) is 17.7 Å². The zero-order chi connectivity index (χ0) is 17.4. The van der Waals surface area contributed by atoms with Crippen LogP contribution in [0.2, 0.25) is 0 Å². The number of carbonyl (C=O) groups is 2. The van der Waals surface area contributed by atoms with Gasteiger partial charge in [0.25, 0.3) is 5.91 Å². The fourth-order valence-corrected chi connectivity index (χ4v) is 4.32.